The zero-order valence-electron chi connectivity index (χ0n) is 29.0. The van der Waals surface area contributed by atoms with Gasteiger partial charge in [-0.1, -0.05) is 124 Å². The Labute approximate surface area is 286 Å². The summed E-state index contributed by atoms with van der Waals surface area (Å²) in [5, 5.41) is 10.2. The highest BCUT2D eigenvalue weighted by Crippen LogP contribution is 2.50. The van der Waals surface area contributed by atoms with Crippen molar-refractivity contribution < 1.29 is 9.90 Å². The Morgan fingerprint density at radius 3 is 2.32 bits per heavy atom. The Morgan fingerprint density at radius 1 is 0.830 bits per heavy atom. The third kappa shape index (κ3) is 10.3. The van der Waals surface area contributed by atoms with E-state index in [0.717, 1.165) is 63.7 Å². The summed E-state index contributed by atoms with van der Waals surface area (Å²) in [7, 11) is 0. The van der Waals surface area contributed by atoms with Gasteiger partial charge in [-0.2, -0.15) is 0 Å². The summed E-state index contributed by atoms with van der Waals surface area (Å²) in [6.45, 7) is 0.612. The molecule has 0 heterocycles. The molecule has 0 amide bonds. The van der Waals surface area contributed by atoms with Crippen LogP contribution in [0.4, 0.5) is 0 Å². The lowest BCUT2D eigenvalue weighted by Crippen LogP contribution is -2.41. The van der Waals surface area contributed by atoms with Crippen molar-refractivity contribution in [3.05, 3.63) is 83.9 Å². The second kappa shape index (κ2) is 18.6. The largest absolute Gasteiger partial charge is 0.481 e. The standard InChI is InChI=1S/C44H61NO2/c45-31-29-38-28-27-36(19-8-2-7-18-35-16-5-1-6-17-35)32-39(37-20-9-3-10-21-37)22-15-26-42-25-13-14-30-44(42,34-40(38)33-43(46)47)41-23-11-4-12-24-41/h2-4,8-12,20-21,23-24,35-36,38-40,42H,1,5-7,13-14,16-19,22,25,27-34,45H2,(H,46,47). The molecule has 0 saturated heterocycles. The first-order valence-electron chi connectivity index (χ1n) is 19.2. The van der Waals surface area contributed by atoms with Crippen LogP contribution >= 0.6 is 0 Å². The van der Waals surface area contributed by atoms with Gasteiger partial charge in [-0.3, -0.25) is 4.79 Å². The molecular formula is C44H61NO2. The Morgan fingerprint density at radius 2 is 1.57 bits per heavy atom. The number of aliphatic carboxylic acids is 1. The van der Waals surface area contributed by atoms with Crippen LogP contribution in [0.2, 0.25) is 0 Å². The predicted molar refractivity (Wildman–Crippen MR) is 196 cm³/mol. The molecule has 3 heteroatoms. The van der Waals surface area contributed by atoms with Gasteiger partial charge >= 0.3 is 5.97 Å². The topological polar surface area (TPSA) is 63.3 Å². The normalized spacial score (nSPS) is 29.4. The fourth-order valence-corrected chi connectivity index (χ4v) is 9.62. The van der Waals surface area contributed by atoms with Crippen LogP contribution in [-0.2, 0) is 10.2 Å². The van der Waals surface area contributed by atoms with E-state index in [9.17, 15) is 9.90 Å². The number of nitrogens with two attached hydrogens (primary N) is 1. The molecule has 47 heavy (non-hydrogen) atoms. The zero-order chi connectivity index (χ0) is 32.7. The minimum Gasteiger partial charge on any atom is -0.481 e. The summed E-state index contributed by atoms with van der Waals surface area (Å²) in [5.74, 6) is 9.52. The molecule has 254 valence electrons. The van der Waals surface area contributed by atoms with Crippen LogP contribution in [0.15, 0.2) is 72.8 Å². The van der Waals surface area contributed by atoms with Crippen LogP contribution in [0.1, 0.15) is 139 Å². The first-order valence-corrected chi connectivity index (χ1v) is 19.2. The first kappa shape index (κ1) is 35.5. The minimum atomic E-state index is -0.676. The maximum atomic E-state index is 12.5. The highest BCUT2D eigenvalue weighted by Gasteiger charge is 2.44. The number of rotatable bonds is 11. The SMILES string of the molecule is NCCC1CCC(CC=CCCC2CCCCC2)CC(c2ccccc2)CC#CC2CCCCC2(c2ccccc2)CC1CC(=O)O. The summed E-state index contributed by atoms with van der Waals surface area (Å²) in [4.78, 5) is 12.5. The molecule has 2 fully saturated rings. The Balaban J connectivity index is 1.45. The van der Waals surface area contributed by atoms with Crippen LogP contribution in [0.5, 0.6) is 0 Å². The van der Waals surface area contributed by atoms with E-state index in [0.29, 0.717) is 24.3 Å². The average Bonchev–Trinajstić information content (AvgIpc) is 3.11. The third-order valence-electron chi connectivity index (χ3n) is 12.2. The van der Waals surface area contributed by atoms with E-state index in [1.165, 1.54) is 68.9 Å². The van der Waals surface area contributed by atoms with Gasteiger partial charge in [-0.25, -0.2) is 0 Å². The van der Waals surface area contributed by atoms with E-state index in [1.807, 2.05) is 0 Å². The molecule has 0 aromatic heterocycles. The molecule has 6 unspecified atom stereocenters. The van der Waals surface area contributed by atoms with Gasteiger partial charge in [0.2, 0.25) is 0 Å². The van der Waals surface area contributed by atoms with Gasteiger partial charge in [0.25, 0.3) is 0 Å². The molecule has 2 aromatic carbocycles. The highest BCUT2D eigenvalue weighted by molar-refractivity contribution is 5.67. The summed E-state index contributed by atoms with van der Waals surface area (Å²) >= 11 is 0. The van der Waals surface area contributed by atoms with Crippen molar-refractivity contribution >= 4 is 5.97 Å². The molecule has 3 nitrogen and oxygen atoms in total. The van der Waals surface area contributed by atoms with Crippen molar-refractivity contribution in [3.63, 3.8) is 0 Å². The van der Waals surface area contributed by atoms with Crippen molar-refractivity contribution in [1.82, 2.24) is 0 Å². The molecule has 2 aromatic rings. The van der Waals surface area contributed by atoms with E-state index >= 15 is 0 Å². The summed E-state index contributed by atoms with van der Waals surface area (Å²) in [5.41, 5.74) is 8.94. The molecule has 2 saturated carbocycles. The highest BCUT2D eigenvalue weighted by atomic mass is 16.4. The summed E-state index contributed by atoms with van der Waals surface area (Å²) in [6, 6.07) is 22.1. The van der Waals surface area contributed by atoms with Crippen LogP contribution in [-0.4, -0.2) is 17.6 Å². The Bertz CT molecular complexity index is 1290. The van der Waals surface area contributed by atoms with Crippen molar-refractivity contribution in [1.29, 1.82) is 0 Å². The lowest BCUT2D eigenvalue weighted by molar-refractivity contribution is -0.139. The molecule has 0 aliphatic heterocycles. The Hall–Kier alpha value is -2.83. The number of hydrogen-bond acceptors (Lipinski definition) is 2. The van der Waals surface area contributed by atoms with Gasteiger partial charge in [0.05, 0.1) is 0 Å². The van der Waals surface area contributed by atoms with Crippen LogP contribution in [0.25, 0.3) is 0 Å². The summed E-state index contributed by atoms with van der Waals surface area (Å²) in [6.07, 6.45) is 26.4. The first-order chi connectivity index (χ1) is 23.1. The maximum Gasteiger partial charge on any atom is 0.303 e. The molecule has 0 bridgehead atoms. The van der Waals surface area contributed by atoms with E-state index in [-0.39, 0.29) is 23.7 Å². The quantitative estimate of drug-likeness (QED) is 0.191. The number of hydrogen-bond donors (Lipinski definition) is 2. The van der Waals surface area contributed by atoms with Gasteiger partial charge in [0.1, 0.15) is 0 Å². The maximum absolute atomic E-state index is 12.5. The third-order valence-corrected chi connectivity index (χ3v) is 12.2. The monoisotopic (exact) mass is 635 g/mol. The van der Waals surface area contributed by atoms with Gasteiger partial charge in [0.15, 0.2) is 0 Å². The second-order valence-corrected chi connectivity index (χ2v) is 15.3. The molecule has 0 radical (unpaired) electrons. The molecule has 0 spiro atoms. The molecule has 5 rings (SSSR count). The average molecular weight is 636 g/mol. The van der Waals surface area contributed by atoms with Crippen molar-refractivity contribution in [2.45, 2.75) is 133 Å². The predicted octanol–water partition coefficient (Wildman–Crippen LogP) is 10.8. The number of fused-ring (bicyclic) bond motifs is 1. The molecular weight excluding hydrogens is 574 g/mol. The van der Waals surface area contributed by atoms with E-state index in [2.05, 4.69) is 84.7 Å². The van der Waals surface area contributed by atoms with Crippen LogP contribution < -0.4 is 5.73 Å². The fraction of sp³-hybridized carbons (Fsp3) is 0.614. The van der Waals surface area contributed by atoms with Crippen molar-refractivity contribution in [3.8, 4) is 11.8 Å². The van der Waals surface area contributed by atoms with Crippen molar-refractivity contribution in [2.24, 2.45) is 35.3 Å². The van der Waals surface area contributed by atoms with Crippen LogP contribution in [0.3, 0.4) is 0 Å². The number of carboxylic acid groups (broad SMARTS) is 1. The number of allylic oxidation sites excluding steroid dienone is 2. The Kier molecular flexibility index (Phi) is 14.1. The van der Waals surface area contributed by atoms with Gasteiger partial charge in [0, 0.05) is 24.2 Å². The van der Waals surface area contributed by atoms with Gasteiger partial charge in [-0.05, 0) is 111 Å². The fourth-order valence-electron chi connectivity index (χ4n) is 9.62. The zero-order valence-corrected chi connectivity index (χ0v) is 29.0. The second-order valence-electron chi connectivity index (χ2n) is 15.3. The van der Waals surface area contributed by atoms with Crippen LogP contribution in [0, 0.1) is 41.4 Å². The number of carbonyl (C=O) groups is 1. The number of benzene rings is 2. The summed E-state index contributed by atoms with van der Waals surface area (Å²) < 4.78 is 0. The van der Waals surface area contributed by atoms with E-state index < -0.39 is 5.97 Å². The molecule has 3 aliphatic rings. The van der Waals surface area contributed by atoms with Gasteiger partial charge < -0.3 is 10.8 Å². The van der Waals surface area contributed by atoms with Crippen molar-refractivity contribution in [2.75, 3.05) is 6.54 Å². The van der Waals surface area contributed by atoms with E-state index in [1.54, 1.807) is 0 Å². The lowest BCUT2D eigenvalue weighted by atomic mass is 9.57. The molecule has 3 aliphatic carbocycles. The lowest BCUT2D eigenvalue weighted by Gasteiger charge is -2.46. The van der Waals surface area contributed by atoms with Gasteiger partial charge in [-0.15, -0.1) is 5.92 Å². The minimum absolute atomic E-state index is 0.0935. The number of carboxylic acids is 1. The van der Waals surface area contributed by atoms with E-state index in [4.69, 9.17) is 5.73 Å². The molecule has 3 N–H and O–H groups in total. The smallest absolute Gasteiger partial charge is 0.303 e. The molecule has 6 atom stereocenters.